The number of hydrogen-bond acceptors (Lipinski definition) is 2. The highest BCUT2D eigenvalue weighted by Crippen LogP contribution is 2.36. The number of halogens is 3. The summed E-state index contributed by atoms with van der Waals surface area (Å²) in [4.78, 5) is 18.7. The number of fused-ring (bicyclic) bond motifs is 1. The number of aromatic nitrogens is 4. The number of benzene rings is 1. The highest BCUT2D eigenvalue weighted by Gasteiger charge is 2.31. The van der Waals surface area contributed by atoms with E-state index in [0.717, 1.165) is 28.8 Å². The van der Waals surface area contributed by atoms with Gasteiger partial charge in [0, 0.05) is 53.2 Å². The van der Waals surface area contributed by atoms with Crippen LogP contribution in [0, 0.1) is 6.92 Å². The largest absolute Gasteiger partial charge is 0.416 e. The van der Waals surface area contributed by atoms with E-state index in [2.05, 4.69) is 20.4 Å². The Morgan fingerprint density at radius 2 is 1.93 bits per heavy atom. The summed E-state index contributed by atoms with van der Waals surface area (Å²) in [5.74, 6) is -0.269. The third-order valence-electron chi connectivity index (χ3n) is 5.24. The molecule has 4 aromatic rings. The molecular weight excluding hydrogens is 395 g/mol. The molecule has 3 N–H and O–H groups in total. The van der Waals surface area contributed by atoms with Crippen molar-refractivity contribution in [3.63, 3.8) is 0 Å². The number of H-pyrrole nitrogens is 2. The van der Waals surface area contributed by atoms with E-state index in [1.165, 1.54) is 6.07 Å². The Morgan fingerprint density at radius 1 is 1.20 bits per heavy atom. The molecule has 0 aliphatic heterocycles. The van der Waals surface area contributed by atoms with E-state index < -0.39 is 11.7 Å². The second kappa shape index (κ2) is 7.08. The molecule has 1 aromatic carbocycles. The zero-order valence-corrected chi connectivity index (χ0v) is 16.6. The van der Waals surface area contributed by atoms with Gasteiger partial charge in [0.15, 0.2) is 0 Å². The van der Waals surface area contributed by atoms with Gasteiger partial charge in [0.2, 0.25) is 0 Å². The summed E-state index contributed by atoms with van der Waals surface area (Å²) >= 11 is 0. The lowest BCUT2D eigenvalue weighted by molar-refractivity contribution is -0.137. The lowest BCUT2D eigenvalue weighted by Gasteiger charge is -2.12. The molecule has 3 aromatic heterocycles. The minimum atomic E-state index is -4.40. The Labute approximate surface area is 170 Å². The molecule has 0 spiro atoms. The van der Waals surface area contributed by atoms with E-state index in [9.17, 15) is 18.0 Å². The van der Waals surface area contributed by atoms with Gasteiger partial charge in [0.1, 0.15) is 5.69 Å². The molecule has 1 atom stereocenters. The van der Waals surface area contributed by atoms with E-state index in [0.29, 0.717) is 22.2 Å². The molecule has 0 aliphatic rings. The molecule has 0 fully saturated rings. The number of aryl methyl sites for hydroxylation is 1. The number of aromatic amines is 2. The van der Waals surface area contributed by atoms with Gasteiger partial charge >= 0.3 is 6.18 Å². The number of nitrogens with zero attached hydrogens (tertiary/aromatic N) is 2. The third-order valence-corrected chi connectivity index (χ3v) is 5.24. The average Bonchev–Trinajstić information content (AvgIpc) is 3.38. The van der Waals surface area contributed by atoms with Gasteiger partial charge in [-0.3, -0.25) is 9.48 Å². The lowest BCUT2D eigenvalue weighted by Crippen LogP contribution is -2.27. The number of alkyl halides is 3. The first-order valence-corrected chi connectivity index (χ1v) is 9.31. The second-order valence-electron chi connectivity index (χ2n) is 7.31. The van der Waals surface area contributed by atoms with Gasteiger partial charge in [-0.25, -0.2) is 0 Å². The number of carbonyl (C=O) groups excluding carboxylic acids is 1. The first-order valence-electron chi connectivity index (χ1n) is 9.31. The van der Waals surface area contributed by atoms with Crippen LogP contribution in [0.5, 0.6) is 0 Å². The average molecular weight is 415 g/mol. The molecule has 9 heteroatoms. The summed E-state index contributed by atoms with van der Waals surface area (Å²) in [5, 5.41) is 7.69. The van der Waals surface area contributed by atoms with Crippen LogP contribution in [0.3, 0.4) is 0 Å². The standard InChI is InChI=1S/C21H20F3N5O/c1-11-16(17-9-25-18-6-14(21(22,23)24)4-5-15(17)18)8-26-19(11)20(30)28-12(2)13-7-27-29(3)10-13/h4-10,12,25-26H,1-3H3,(H,28,30). The summed E-state index contributed by atoms with van der Waals surface area (Å²) in [6.07, 6.45) is 2.47. The van der Waals surface area contributed by atoms with Gasteiger partial charge in [-0.15, -0.1) is 0 Å². The summed E-state index contributed by atoms with van der Waals surface area (Å²) in [6.45, 7) is 3.67. The molecule has 1 amide bonds. The fourth-order valence-electron chi connectivity index (χ4n) is 3.55. The molecule has 30 heavy (non-hydrogen) atoms. The Balaban J connectivity index is 1.62. The normalized spacial score (nSPS) is 13.0. The van der Waals surface area contributed by atoms with Gasteiger partial charge < -0.3 is 15.3 Å². The summed E-state index contributed by atoms with van der Waals surface area (Å²) in [6, 6.07) is 3.36. The van der Waals surface area contributed by atoms with Crippen LogP contribution >= 0.6 is 0 Å². The van der Waals surface area contributed by atoms with E-state index >= 15 is 0 Å². The molecule has 0 bridgehead atoms. The minimum absolute atomic E-state index is 0.230. The van der Waals surface area contributed by atoms with Gasteiger partial charge in [-0.2, -0.15) is 18.3 Å². The zero-order chi connectivity index (χ0) is 21.6. The maximum absolute atomic E-state index is 13.0. The van der Waals surface area contributed by atoms with Crippen LogP contribution in [-0.2, 0) is 13.2 Å². The second-order valence-corrected chi connectivity index (χ2v) is 7.31. The van der Waals surface area contributed by atoms with E-state index in [4.69, 9.17) is 0 Å². The van der Waals surface area contributed by atoms with Crippen molar-refractivity contribution in [2.45, 2.75) is 26.1 Å². The van der Waals surface area contributed by atoms with Crippen LogP contribution in [0.4, 0.5) is 13.2 Å². The first kappa shape index (κ1) is 19.8. The predicted octanol–water partition coefficient (Wildman–Crippen LogP) is 4.71. The minimum Gasteiger partial charge on any atom is -0.361 e. The number of rotatable bonds is 4. The lowest BCUT2D eigenvalue weighted by atomic mass is 10.0. The molecule has 0 saturated heterocycles. The highest BCUT2D eigenvalue weighted by molar-refractivity contribution is 6.01. The van der Waals surface area contributed by atoms with Crippen LogP contribution in [0.15, 0.2) is 43.0 Å². The fourth-order valence-corrected chi connectivity index (χ4v) is 3.55. The SMILES string of the molecule is Cc1c(-c2c[nH]c3cc(C(F)(F)F)ccc23)c[nH]c1C(=O)NC(C)c1cnn(C)c1. The molecule has 6 nitrogen and oxygen atoms in total. The maximum atomic E-state index is 13.0. The molecule has 156 valence electrons. The van der Waals surface area contributed by atoms with E-state index in [1.54, 1.807) is 37.2 Å². The fraction of sp³-hybridized carbons (Fsp3) is 0.238. The Hall–Kier alpha value is -3.49. The molecule has 4 rings (SSSR count). The Bertz CT molecular complexity index is 1230. The molecule has 0 saturated carbocycles. The summed E-state index contributed by atoms with van der Waals surface area (Å²) in [5.41, 5.74) is 3.16. The smallest absolute Gasteiger partial charge is 0.361 e. The zero-order valence-electron chi connectivity index (χ0n) is 16.6. The van der Waals surface area contributed by atoms with Crippen LogP contribution in [0.25, 0.3) is 22.0 Å². The quantitative estimate of drug-likeness (QED) is 0.451. The van der Waals surface area contributed by atoms with Crippen molar-refractivity contribution < 1.29 is 18.0 Å². The van der Waals surface area contributed by atoms with Crippen LogP contribution in [-0.4, -0.2) is 25.7 Å². The van der Waals surface area contributed by atoms with Gasteiger partial charge in [0.05, 0.1) is 17.8 Å². The van der Waals surface area contributed by atoms with Crippen molar-refractivity contribution in [1.29, 1.82) is 0 Å². The van der Waals surface area contributed by atoms with Crippen LogP contribution in [0.1, 0.15) is 40.1 Å². The number of amides is 1. The topological polar surface area (TPSA) is 78.5 Å². The molecular formula is C21H20F3N5O. The molecule has 0 aliphatic carbocycles. The van der Waals surface area contributed by atoms with Crippen molar-refractivity contribution in [2.24, 2.45) is 7.05 Å². The Kier molecular flexibility index (Phi) is 4.68. The Morgan fingerprint density at radius 3 is 2.60 bits per heavy atom. The van der Waals surface area contributed by atoms with Gasteiger partial charge in [-0.05, 0) is 31.5 Å². The van der Waals surface area contributed by atoms with E-state index in [-0.39, 0.29) is 11.9 Å². The van der Waals surface area contributed by atoms with Crippen molar-refractivity contribution in [2.75, 3.05) is 0 Å². The van der Waals surface area contributed by atoms with Crippen molar-refractivity contribution in [3.8, 4) is 11.1 Å². The van der Waals surface area contributed by atoms with Gasteiger partial charge in [0.25, 0.3) is 5.91 Å². The van der Waals surface area contributed by atoms with E-state index in [1.807, 2.05) is 13.1 Å². The van der Waals surface area contributed by atoms with Crippen molar-refractivity contribution >= 4 is 16.8 Å². The highest BCUT2D eigenvalue weighted by atomic mass is 19.4. The van der Waals surface area contributed by atoms with Crippen LogP contribution < -0.4 is 5.32 Å². The summed E-state index contributed by atoms with van der Waals surface area (Å²) < 4.78 is 40.5. The first-order chi connectivity index (χ1) is 14.1. The number of carbonyl (C=O) groups is 1. The monoisotopic (exact) mass is 415 g/mol. The van der Waals surface area contributed by atoms with Crippen molar-refractivity contribution in [1.82, 2.24) is 25.1 Å². The number of hydrogen-bond donors (Lipinski definition) is 3. The van der Waals surface area contributed by atoms with Gasteiger partial charge in [-0.1, -0.05) is 6.07 Å². The number of nitrogens with one attached hydrogen (secondary N) is 3. The maximum Gasteiger partial charge on any atom is 0.416 e. The van der Waals surface area contributed by atoms with Crippen molar-refractivity contribution in [3.05, 3.63) is 65.4 Å². The third kappa shape index (κ3) is 3.47. The molecule has 0 radical (unpaired) electrons. The predicted molar refractivity (Wildman–Crippen MR) is 107 cm³/mol. The van der Waals surface area contributed by atoms with Crippen LogP contribution in [0.2, 0.25) is 0 Å². The molecule has 3 heterocycles. The summed E-state index contributed by atoms with van der Waals surface area (Å²) in [7, 11) is 1.80. The molecule has 1 unspecified atom stereocenters.